The molecule has 0 amide bonds. The van der Waals surface area contributed by atoms with Crippen molar-refractivity contribution in [2.75, 3.05) is 6.26 Å². The molecule has 0 radical (unpaired) electrons. The summed E-state index contributed by atoms with van der Waals surface area (Å²) in [7, 11) is -0.911. The maximum absolute atomic E-state index is 11.3. The Bertz CT molecular complexity index is 783. The molecule has 2 aromatic rings. The van der Waals surface area contributed by atoms with Crippen LogP contribution in [-0.2, 0) is 10.8 Å². The van der Waals surface area contributed by atoms with Crippen LogP contribution in [0.5, 0.6) is 0 Å². The lowest BCUT2D eigenvalue weighted by molar-refractivity contribution is 0.687. The minimum Gasteiger partial charge on any atom is -0.255 e. The van der Waals surface area contributed by atoms with E-state index in [4.69, 9.17) is 0 Å². The Hall–Kier alpha value is -1.93. The second kappa shape index (κ2) is 4.98. The lowest BCUT2D eigenvalue weighted by Crippen LogP contribution is -2.09. The van der Waals surface area contributed by atoms with Crippen molar-refractivity contribution in [2.24, 2.45) is 0 Å². The molecular formula is C17H14OS. The summed E-state index contributed by atoms with van der Waals surface area (Å²) in [4.78, 5) is 0.864. The summed E-state index contributed by atoms with van der Waals surface area (Å²) in [6.45, 7) is 0. The average molecular weight is 266 g/mol. The largest absolute Gasteiger partial charge is 0.255 e. The van der Waals surface area contributed by atoms with E-state index in [1.54, 1.807) is 6.26 Å². The maximum Gasteiger partial charge on any atom is 0.0498 e. The van der Waals surface area contributed by atoms with Gasteiger partial charge in [0.1, 0.15) is 0 Å². The summed E-state index contributed by atoms with van der Waals surface area (Å²) in [6.07, 6.45) is 10.1. The Morgan fingerprint density at radius 3 is 2.58 bits per heavy atom. The van der Waals surface area contributed by atoms with Gasteiger partial charge in [0.2, 0.25) is 0 Å². The van der Waals surface area contributed by atoms with Crippen LogP contribution in [0, 0.1) is 0 Å². The zero-order valence-corrected chi connectivity index (χ0v) is 11.5. The van der Waals surface area contributed by atoms with Gasteiger partial charge in [-0.05, 0) is 45.8 Å². The summed E-state index contributed by atoms with van der Waals surface area (Å²) >= 11 is 0. The monoisotopic (exact) mass is 266 g/mol. The Morgan fingerprint density at radius 1 is 1.05 bits per heavy atom. The molecule has 0 N–H and O–H groups in total. The van der Waals surface area contributed by atoms with Crippen molar-refractivity contribution in [1.82, 2.24) is 0 Å². The van der Waals surface area contributed by atoms with Gasteiger partial charge in [0.25, 0.3) is 0 Å². The third-order valence-corrected chi connectivity index (χ3v) is 4.14. The smallest absolute Gasteiger partial charge is 0.0498 e. The second-order valence-corrected chi connectivity index (χ2v) is 5.96. The normalized spacial score (nSPS) is 15.1. The first-order valence-electron chi connectivity index (χ1n) is 6.16. The highest BCUT2D eigenvalue weighted by Gasteiger charge is 1.97. The fraction of sp³-hybridized carbons (Fsp3) is 0.0588. The van der Waals surface area contributed by atoms with Crippen LogP contribution in [-0.4, -0.2) is 10.5 Å². The first-order valence-corrected chi connectivity index (χ1v) is 7.72. The Labute approximate surface area is 115 Å². The van der Waals surface area contributed by atoms with Gasteiger partial charge in [-0.3, -0.25) is 4.21 Å². The Kier molecular flexibility index (Phi) is 3.18. The van der Waals surface area contributed by atoms with Crippen molar-refractivity contribution in [3.05, 3.63) is 70.1 Å². The van der Waals surface area contributed by atoms with Crippen LogP contribution in [0.4, 0.5) is 0 Å². The molecule has 0 bridgehead atoms. The van der Waals surface area contributed by atoms with E-state index in [-0.39, 0.29) is 0 Å². The fourth-order valence-corrected chi connectivity index (χ4v) is 2.70. The number of fused-ring (bicyclic) bond motifs is 1. The van der Waals surface area contributed by atoms with E-state index in [0.29, 0.717) is 0 Å². The molecule has 1 nitrogen and oxygen atoms in total. The molecule has 1 aliphatic rings. The molecule has 94 valence electrons. The minimum atomic E-state index is -0.911. The SMILES string of the molecule is CS(=O)c1ccc(/C=c2/ccc3c(c2)C=CC=3)cc1. The number of allylic oxidation sites excluding steroid dienone is 1. The highest BCUT2D eigenvalue weighted by atomic mass is 32.2. The van der Waals surface area contributed by atoms with Crippen molar-refractivity contribution in [1.29, 1.82) is 0 Å². The van der Waals surface area contributed by atoms with Crippen LogP contribution in [0.15, 0.2) is 53.4 Å². The van der Waals surface area contributed by atoms with Crippen molar-refractivity contribution < 1.29 is 4.21 Å². The average Bonchev–Trinajstić information content (AvgIpc) is 2.87. The summed E-state index contributed by atoms with van der Waals surface area (Å²) in [5, 5.41) is 2.46. The summed E-state index contributed by atoms with van der Waals surface area (Å²) in [5.41, 5.74) is 2.39. The molecule has 0 fully saturated rings. The Balaban J connectivity index is 2.00. The number of rotatable bonds is 2. The highest BCUT2D eigenvalue weighted by Crippen LogP contribution is 2.08. The van der Waals surface area contributed by atoms with Crippen molar-refractivity contribution in [3.63, 3.8) is 0 Å². The van der Waals surface area contributed by atoms with E-state index < -0.39 is 10.8 Å². The molecule has 1 aliphatic carbocycles. The van der Waals surface area contributed by atoms with Gasteiger partial charge in [-0.2, -0.15) is 0 Å². The molecule has 2 heteroatoms. The van der Waals surface area contributed by atoms with E-state index in [1.165, 1.54) is 16.0 Å². The van der Waals surface area contributed by atoms with Crippen LogP contribution in [0.1, 0.15) is 11.1 Å². The fourth-order valence-electron chi connectivity index (χ4n) is 2.18. The lowest BCUT2D eigenvalue weighted by atomic mass is 10.1. The molecule has 0 heterocycles. The third kappa shape index (κ3) is 2.59. The third-order valence-electron chi connectivity index (χ3n) is 3.21. The number of hydrogen-bond acceptors (Lipinski definition) is 1. The van der Waals surface area contributed by atoms with E-state index in [0.717, 1.165) is 10.5 Å². The summed E-state index contributed by atoms with van der Waals surface area (Å²) in [5.74, 6) is 0. The predicted octanol–water partition coefficient (Wildman–Crippen LogP) is 2.06. The van der Waals surface area contributed by atoms with Crippen LogP contribution in [0.25, 0.3) is 18.2 Å². The topological polar surface area (TPSA) is 17.1 Å². The number of hydrogen-bond donors (Lipinski definition) is 0. The van der Waals surface area contributed by atoms with Gasteiger partial charge in [-0.25, -0.2) is 0 Å². The molecule has 2 aromatic carbocycles. The van der Waals surface area contributed by atoms with Crippen molar-refractivity contribution >= 4 is 29.0 Å². The number of benzene rings is 2. The standard InChI is InChI=1S/C17H14OS/c1-19(18)17-9-6-13(7-10-17)11-14-5-8-15-3-2-4-16(15)12-14/h2-12H,1H3/b14-11-. The molecule has 0 aromatic heterocycles. The van der Waals surface area contributed by atoms with Crippen LogP contribution in [0.2, 0.25) is 0 Å². The highest BCUT2D eigenvalue weighted by molar-refractivity contribution is 7.84. The van der Waals surface area contributed by atoms with Gasteiger partial charge in [0.05, 0.1) is 0 Å². The molecular weight excluding hydrogens is 252 g/mol. The van der Waals surface area contributed by atoms with E-state index in [1.807, 2.05) is 24.3 Å². The van der Waals surface area contributed by atoms with Crippen LogP contribution >= 0.6 is 0 Å². The Morgan fingerprint density at radius 2 is 1.84 bits per heavy atom. The molecule has 1 unspecified atom stereocenters. The van der Waals surface area contributed by atoms with Crippen molar-refractivity contribution in [3.8, 4) is 0 Å². The van der Waals surface area contributed by atoms with Gasteiger partial charge in [-0.1, -0.05) is 42.5 Å². The van der Waals surface area contributed by atoms with Gasteiger partial charge in [-0.15, -0.1) is 0 Å². The zero-order chi connectivity index (χ0) is 13.2. The first-order chi connectivity index (χ1) is 9.22. The van der Waals surface area contributed by atoms with E-state index in [9.17, 15) is 4.21 Å². The molecule has 19 heavy (non-hydrogen) atoms. The first kappa shape index (κ1) is 12.1. The van der Waals surface area contributed by atoms with Gasteiger partial charge < -0.3 is 0 Å². The molecule has 3 rings (SSSR count). The van der Waals surface area contributed by atoms with Gasteiger partial charge in [0.15, 0.2) is 0 Å². The van der Waals surface area contributed by atoms with Gasteiger partial charge >= 0.3 is 0 Å². The quantitative estimate of drug-likeness (QED) is 0.813. The zero-order valence-electron chi connectivity index (χ0n) is 10.7. The summed E-state index contributed by atoms with van der Waals surface area (Å²) in [6, 6.07) is 14.3. The summed E-state index contributed by atoms with van der Waals surface area (Å²) < 4.78 is 11.3. The molecule has 0 spiro atoms. The van der Waals surface area contributed by atoms with Crippen LogP contribution in [0.3, 0.4) is 0 Å². The van der Waals surface area contributed by atoms with Crippen molar-refractivity contribution in [2.45, 2.75) is 4.90 Å². The molecule has 0 aliphatic heterocycles. The molecule has 1 atom stereocenters. The predicted molar refractivity (Wildman–Crippen MR) is 81.5 cm³/mol. The van der Waals surface area contributed by atoms with Gasteiger partial charge in [0, 0.05) is 22.0 Å². The van der Waals surface area contributed by atoms with E-state index >= 15 is 0 Å². The van der Waals surface area contributed by atoms with Crippen LogP contribution < -0.4 is 10.4 Å². The second-order valence-electron chi connectivity index (χ2n) is 4.58. The lowest BCUT2D eigenvalue weighted by Gasteiger charge is -1.98. The maximum atomic E-state index is 11.3. The molecule has 0 saturated carbocycles. The molecule has 0 saturated heterocycles. The van der Waals surface area contributed by atoms with E-state index in [2.05, 4.69) is 42.5 Å². The minimum absolute atomic E-state index is 0.864.